The molecule has 0 atom stereocenters. The van der Waals surface area contributed by atoms with Crippen molar-refractivity contribution < 1.29 is 9.34 Å². The van der Waals surface area contributed by atoms with Crippen LogP contribution in [-0.2, 0) is 0 Å². The molecule has 1 aromatic heterocycles. The zero-order valence-corrected chi connectivity index (χ0v) is 16.5. The van der Waals surface area contributed by atoms with Crippen LogP contribution in [0.4, 0.5) is 11.4 Å². The van der Waals surface area contributed by atoms with Gasteiger partial charge in [0, 0.05) is 17.8 Å². The van der Waals surface area contributed by atoms with Crippen molar-refractivity contribution >= 4 is 40.3 Å². The predicted octanol–water partition coefficient (Wildman–Crippen LogP) is 6.42. The summed E-state index contributed by atoms with van der Waals surface area (Å²) in [5.74, 6) is 0.553. The second kappa shape index (κ2) is 7.48. The molecule has 4 aromatic rings. The molecule has 0 saturated carbocycles. The summed E-state index contributed by atoms with van der Waals surface area (Å²) in [4.78, 5) is 19.5. The highest BCUT2D eigenvalue weighted by Gasteiger charge is 2.12. The Hall–Kier alpha value is -3.51. The third-order valence-corrected chi connectivity index (χ3v) is 4.97. The van der Waals surface area contributed by atoms with Crippen LogP contribution in [0.5, 0.6) is 0 Å². The molecule has 0 aliphatic rings. The fourth-order valence-electron chi connectivity index (χ4n) is 2.89. The summed E-state index contributed by atoms with van der Waals surface area (Å²) in [7, 11) is 0. The number of nitro benzene ring substituents is 1. The van der Waals surface area contributed by atoms with Gasteiger partial charge in [-0.3, -0.25) is 15.1 Å². The molecule has 0 amide bonds. The number of rotatable bonds is 4. The normalized spacial score (nSPS) is 11.4. The van der Waals surface area contributed by atoms with Gasteiger partial charge in [0.25, 0.3) is 5.69 Å². The summed E-state index contributed by atoms with van der Waals surface area (Å²) in [5.41, 5.74) is 5.75. The van der Waals surface area contributed by atoms with Crippen LogP contribution in [0.25, 0.3) is 22.6 Å². The Kier molecular flexibility index (Phi) is 4.86. The number of oxazole rings is 1. The monoisotopic (exact) mass is 405 g/mol. The number of aliphatic imine (C=N–C) groups is 1. The van der Waals surface area contributed by atoms with Gasteiger partial charge < -0.3 is 4.42 Å². The number of fused-ring (bicyclic) bond motifs is 1. The van der Waals surface area contributed by atoms with Crippen molar-refractivity contribution in [3.05, 3.63) is 86.4 Å². The molecule has 0 spiro atoms. The highest BCUT2D eigenvalue weighted by Crippen LogP contribution is 2.29. The molecule has 3 aromatic carbocycles. The van der Waals surface area contributed by atoms with Crippen LogP contribution >= 0.6 is 11.6 Å². The third kappa shape index (κ3) is 3.88. The number of nitro groups is 1. The maximum atomic E-state index is 11.0. The van der Waals surface area contributed by atoms with E-state index in [4.69, 9.17) is 16.0 Å². The molecule has 0 N–H and O–H groups in total. The lowest BCUT2D eigenvalue weighted by molar-refractivity contribution is -0.384. The Labute approximate surface area is 171 Å². The maximum Gasteiger partial charge on any atom is 0.288 e. The summed E-state index contributed by atoms with van der Waals surface area (Å²) in [6.07, 6.45) is 1.55. The van der Waals surface area contributed by atoms with E-state index in [0.717, 1.165) is 5.56 Å². The second-order valence-corrected chi connectivity index (χ2v) is 7.10. The van der Waals surface area contributed by atoms with E-state index in [-0.39, 0.29) is 10.7 Å². The Morgan fingerprint density at radius 3 is 2.66 bits per heavy atom. The molecular formula is C22H16ClN3O3. The van der Waals surface area contributed by atoms with Gasteiger partial charge in [-0.15, -0.1) is 0 Å². The first kappa shape index (κ1) is 18.8. The van der Waals surface area contributed by atoms with Gasteiger partial charge in [-0.1, -0.05) is 23.7 Å². The zero-order valence-electron chi connectivity index (χ0n) is 15.7. The van der Waals surface area contributed by atoms with E-state index >= 15 is 0 Å². The van der Waals surface area contributed by atoms with Crippen LogP contribution in [0, 0.1) is 24.0 Å². The van der Waals surface area contributed by atoms with E-state index in [1.54, 1.807) is 18.3 Å². The third-order valence-electron chi connectivity index (χ3n) is 4.65. The van der Waals surface area contributed by atoms with Gasteiger partial charge in [0.2, 0.25) is 5.89 Å². The molecule has 144 valence electrons. The van der Waals surface area contributed by atoms with Crippen molar-refractivity contribution in [1.82, 2.24) is 4.98 Å². The minimum absolute atomic E-state index is 0.0926. The molecule has 1 heterocycles. The van der Waals surface area contributed by atoms with Crippen molar-refractivity contribution in [2.45, 2.75) is 13.8 Å². The van der Waals surface area contributed by atoms with Crippen LogP contribution in [-0.4, -0.2) is 16.1 Å². The number of halogens is 1. The minimum Gasteiger partial charge on any atom is -0.436 e. The molecule has 0 bridgehead atoms. The lowest BCUT2D eigenvalue weighted by atomic mass is 10.1. The highest BCUT2D eigenvalue weighted by atomic mass is 35.5. The number of aryl methyl sites for hydroxylation is 2. The molecule has 6 nitrogen and oxygen atoms in total. The number of nitrogens with zero attached hydrogens (tertiary/aromatic N) is 3. The maximum absolute atomic E-state index is 11.0. The van der Waals surface area contributed by atoms with Gasteiger partial charge in [0.1, 0.15) is 10.5 Å². The van der Waals surface area contributed by atoms with Gasteiger partial charge in [-0.25, -0.2) is 4.98 Å². The van der Waals surface area contributed by atoms with E-state index in [1.807, 2.05) is 30.3 Å². The van der Waals surface area contributed by atoms with Gasteiger partial charge in [0.05, 0.1) is 10.6 Å². The van der Waals surface area contributed by atoms with E-state index in [0.29, 0.717) is 28.2 Å². The van der Waals surface area contributed by atoms with Gasteiger partial charge >= 0.3 is 0 Å². The number of benzene rings is 3. The fourth-order valence-corrected chi connectivity index (χ4v) is 3.08. The van der Waals surface area contributed by atoms with E-state index in [9.17, 15) is 10.1 Å². The molecule has 0 aliphatic carbocycles. The standard InChI is InChI=1S/C22H16ClN3O3/c1-13-3-5-16(9-14(13)2)22-25-19-11-17(6-8-21(19)29-22)24-12-15-4-7-18(23)20(10-15)26(27)28/h3-12H,1-2H3. The number of hydrogen-bond donors (Lipinski definition) is 0. The van der Waals surface area contributed by atoms with Crippen molar-refractivity contribution in [2.75, 3.05) is 0 Å². The van der Waals surface area contributed by atoms with E-state index < -0.39 is 4.92 Å². The van der Waals surface area contributed by atoms with Crippen molar-refractivity contribution in [3.8, 4) is 11.5 Å². The lowest BCUT2D eigenvalue weighted by Gasteiger charge is -2.01. The number of hydrogen-bond acceptors (Lipinski definition) is 5. The zero-order chi connectivity index (χ0) is 20.5. The summed E-state index contributed by atoms with van der Waals surface area (Å²) >= 11 is 5.84. The first-order valence-electron chi connectivity index (χ1n) is 8.87. The Bertz CT molecular complexity index is 1280. The fraction of sp³-hybridized carbons (Fsp3) is 0.0909. The van der Waals surface area contributed by atoms with Crippen LogP contribution < -0.4 is 0 Å². The molecule has 29 heavy (non-hydrogen) atoms. The SMILES string of the molecule is Cc1ccc(-c2nc3cc(N=Cc4ccc(Cl)c([N+](=O)[O-])c4)ccc3o2)cc1C. The average molecular weight is 406 g/mol. The molecule has 4 rings (SSSR count). The topological polar surface area (TPSA) is 81.5 Å². The van der Waals surface area contributed by atoms with E-state index in [2.05, 4.69) is 23.8 Å². The van der Waals surface area contributed by atoms with E-state index in [1.165, 1.54) is 23.3 Å². The molecule has 7 heteroatoms. The molecule has 0 saturated heterocycles. The quantitative estimate of drug-likeness (QED) is 0.223. The molecule has 0 radical (unpaired) electrons. The van der Waals surface area contributed by atoms with Crippen LogP contribution in [0.3, 0.4) is 0 Å². The Morgan fingerprint density at radius 1 is 1.07 bits per heavy atom. The Morgan fingerprint density at radius 2 is 1.90 bits per heavy atom. The summed E-state index contributed by atoms with van der Waals surface area (Å²) in [6.45, 7) is 4.11. The molecule has 0 fully saturated rings. The highest BCUT2D eigenvalue weighted by molar-refractivity contribution is 6.32. The smallest absolute Gasteiger partial charge is 0.288 e. The Balaban J connectivity index is 1.64. The van der Waals surface area contributed by atoms with Crippen molar-refractivity contribution in [2.24, 2.45) is 4.99 Å². The van der Waals surface area contributed by atoms with Crippen molar-refractivity contribution in [1.29, 1.82) is 0 Å². The molecule has 0 unspecified atom stereocenters. The number of aromatic nitrogens is 1. The van der Waals surface area contributed by atoms with Crippen LogP contribution in [0.2, 0.25) is 5.02 Å². The predicted molar refractivity (Wildman–Crippen MR) is 114 cm³/mol. The average Bonchev–Trinajstić information content (AvgIpc) is 3.12. The lowest BCUT2D eigenvalue weighted by Crippen LogP contribution is -1.91. The van der Waals surface area contributed by atoms with Crippen LogP contribution in [0.1, 0.15) is 16.7 Å². The summed E-state index contributed by atoms with van der Waals surface area (Å²) in [6, 6.07) is 16.0. The van der Waals surface area contributed by atoms with Crippen LogP contribution in [0.15, 0.2) is 64.0 Å². The largest absolute Gasteiger partial charge is 0.436 e. The molecule has 0 aliphatic heterocycles. The van der Waals surface area contributed by atoms with Gasteiger partial charge in [-0.2, -0.15) is 0 Å². The second-order valence-electron chi connectivity index (χ2n) is 6.70. The first-order valence-corrected chi connectivity index (χ1v) is 9.25. The van der Waals surface area contributed by atoms with Crippen molar-refractivity contribution in [3.63, 3.8) is 0 Å². The summed E-state index contributed by atoms with van der Waals surface area (Å²) < 4.78 is 5.87. The van der Waals surface area contributed by atoms with Gasteiger partial charge in [0.15, 0.2) is 5.58 Å². The molecular weight excluding hydrogens is 390 g/mol. The minimum atomic E-state index is -0.518. The van der Waals surface area contributed by atoms with Gasteiger partial charge in [-0.05, 0) is 66.9 Å². The first-order chi connectivity index (χ1) is 13.9. The summed E-state index contributed by atoms with van der Waals surface area (Å²) in [5, 5.41) is 11.1.